The molecule has 0 aliphatic carbocycles. The standard InChI is InChI=1S/C23H21N3O5/c24-13-16-3-1-2-4-20(16)30-15-19-5-6-21(31-19)22(27)25-18-7-10-26(11-8-18)23(28)17-9-12-29-14-17/h1-6,9,12,14,18H,7-8,10-11,15H2,(H,25,27). The third-order valence-electron chi connectivity index (χ3n) is 5.15. The molecule has 0 saturated carbocycles. The summed E-state index contributed by atoms with van der Waals surface area (Å²) in [6, 6.07) is 13.9. The van der Waals surface area contributed by atoms with Crippen LogP contribution in [0.25, 0.3) is 0 Å². The van der Waals surface area contributed by atoms with Gasteiger partial charge in [0, 0.05) is 19.1 Å². The monoisotopic (exact) mass is 419 g/mol. The number of benzene rings is 1. The van der Waals surface area contributed by atoms with Gasteiger partial charge in [0.25, 0.3) is 11.8 Å². The van der Waals surface area contributed by atoms with Crippen LogP contribution in [-0.4, -0.2) is 35.8 Å². The van der Waals surface area contributed by atoms with Crippen LogP contribution in [0.3, 0.4) is 0 Å². The van der Waals surface area contributed by atoms with Gasteiger partial charge < -0.3 is 23.8 Å². The predicted octanol–water partition coefficient (Wildman–Crippen LogP) is 3.36. The Morgan fingerprint density at radius 3 is 2.71 bits per heavy atom. The fourth-order valence-corrected chi connectivity index (χ4v) is 3.46. The first kappa shape index (κ1) is 20.3. The molecule has 0 spiro atoms. The average Bonchev–Trinajstić information content (AvgIpc) is 3.50. The van der Waals surface area contributed by atoms with Crippen LogP contribution in [0.15, 0.2) is 63.8 Å². The van der Waals surface area contributed by atoms with Gasteiger partial charge in [-0.3, -0.25) is 9.59 Å². The van der Waals surface area contributed by atoms with Crippen LogP contribution in [0.2, 0.25) is 0 Å². The zero-order valence-corrected chi connectivity index (χ0v) is 16.7. The molecule has 3 heterocycles. The lowest BCUT2D eigenvalue weighted by Crippen LogP contribution is -2.46. The molecule has 8 nitrogen and oxygen atoms in total. The van der Waals surface area contributed by atoms with E-state index in [1.807, 2.05) is 0 Å². The van der Waals surface area contributed by atoms with E-state index in [1.54, 1.807) is 47.4 Å². The number of para-hydroxylation sites is 1. The number of piperidine rings is 1. The van der Waals surface area contributed by atoms with Crippen LogP contribution in [-0.2, 0) is 6.61 Å². The van der Waals surface area contributed by atoms with Gasteiger partial charge in [0.1, 0.15) is 30.4 Å². The zero-order chi connectivity index (χ0) is 21.6. The van der Waals surface area contributed by atoms with Crippen LogP contribution in [0.5, 0.6) is 5.75 Å². The van der Waals surface area contributed by atoms with Gasteiger partial charge in [0.2, 0.25) is 0 Å². The first-order valence-electron chi connectivity index (χ1n) is 9.97. The van der Waals surface area contributed by atoms with E-state index in [1.165, 1.54) is 12.5 Å². The average molecular weight is 419 g/mol. The maximum absolute atomic E-state index is 12.5. The second-order valence-electron chi connectivity index (χ2n) is 7.21. The summed E-state index contributed by atoms with van der Waals surface area (Å²) < 4.78 is 16.2. The lowest BCUT2D eigenvalue weighted by atomic mass is 10.0. The van der Waals surface area contributed by atoms with Gasteiger partial charge in [0.05, 0.1) is 17.4 Å². The first-order valence-corrected chi connectivity index (χ1v) is 9.97. The van der Waals surface area contributed by atoms with Gasteiger partial charge in [-0.05, 0) is 43.2 Å². The fraction of sp³-hybridized carbons (Fsp3) is 0.261. The molecular weight excluding hydrogens is 398 g/mol. The van der Waals surface area contributed by atoms with Gasteiger partial charge in [-0.1, -0.05) is 12.1 Å². The number of likely N-dealkylation sites (tertiary alicyclic amines) is 1. The Balaban J connectivity index is 1.27. The van der Waals surface area contributed by atoms with E-state index in [-0.39, 0.29) is 30.2 Å². The Kier molecular flexibility index (Phi) is 6.03. The molecule has 0 atom stereocenters. The Labute approximate surface area is 179 Å². The van der Waals surface area contributed by atoms with Crippen molar-refractivity contribution in [3.05, 3.63) is 77.6 Å². The molecule has 4 rings (SSSR count). The third-order valence-corrected chi connectivity index (χ3v) is 5.15. The van der Waals surface area contributed by atoms with Crippen molar-refractivity contribution < 1.29 is 23.2 Å². The Bertz CT molecular complexity index is 1090. The van der Waals surface area contributed by atoms with E-state index in [4.69, 9.17) is 18.8 Å². The van der Waals surface area contributed by atoms with Crippen molar-refractivity contribution >= 4 is 11.8 Å². The Morgan fingerprint density at radius 2 is 1.97 bits per heavy atom. The summed E-state index contributed by atoms with van der Waals surface area (Å²) in [4.78, 5) is 26.6. The molecule has 3 aromatic rings. The second-order valence-corrected chi connectivity index (χ2v) is 7.21. The molecule has 0 radical (unpaired) electrons. The van der Waals surface area contributed by atoms with E-state index < -0.39 is 0 Å². The van der Waals surface area contributed by atoms with Crippen LogP contribution in [0, 0.1) is 11.3 Å². The molecule has 1 aromatic carbocycles. The van der Waals surface area contributed by atoms with Gasteiger partial charge in [-0.25, -0.2) is 0 Å². The molecule has 1 fully saturated rings. The number of nitrogens with one attached hydrogen (secondary N) is 1. The van der Waals surface area contributed by atoms with Crippen LogP contribution in [0.1, 0.15) is 45.1 Å². The van der Waals surface area contributed by atoms with Crippen molar-refractivity contribution in [3.8, 4) is 11.8 Å². The highest BCUT2D eigenvalue weighted by Crippen LogP contribution is 2.19. The molecule has 158 valence electrons. The highest BCUT2D eigenvalue weighted by Gasteiger charge is 2.26. The van der Waals surface area contributed by atoms with E-state index in [0.29, 0.717) is 48.6 Å². The van der Waals surface area contributed by atoms with Crippen molar-refractivity contribution in [1.29, 1.82) is 5.26 Å². The third kappa shape index (κ3) is 4.78. The van der Waals surface area contributed by atoms with Gasteiger partial charge in [-0.2, -0.15) is 5.26 Å². The number of nitrogens with zero attached hydrogens (tertiary/aromatic N) is 2. The number of rotatable bonds is 6. The SMILES string of the molecule is N#Cc1ccccc1OCc1ccc(C(=O)NC2CCN(C(=O)c3ccoc3)CC2)o1. The van der Waals surface area contributed by atoms with Crippen molar-refractivity contribution in [2.75, 3.05) is 13.1 Å². The van der Waals surface area contributed by atoms with E-state index in [9.17, 15) is 9.59 Å². The van der Waals surface area contributed by atoms with Crippen molar-refractivity contribution in [2.24, 2.45) is 0 Å². The van der Waals surface area contributed by atoms with Crippen molar-refractivity contribution in [2.45, 2.75) is 25.5 Å². The van der Waals surface area contributed by atoms with Crippen LogP contribution >= 0.6 is 0 Å². The molecule has 1 aliphatic heterocycles. The minimum Gasteiger partial charge on any atom is -0.484 e. The number of carbonyl (C=O) groups is 2. The summed E-state index contributed by atoms with van der Waals surface area (Å²) in [6.45, 7) is 1.23. The quantitative estimate of drug-likeness (QED) is 0.656. The second kappa shape index (κ2) is 9.22. The topological polar surface area (TPSA) is 109 Å². The molecule has 2 aromatic heterocycles. The first-order chi connectivity index (χ1) is 15.1. The minimum absolute atomic E-state index is 0.0341. The van der Waals surface area contributed by atoms with Crippen LogP contribution < -0.4 is 10.1 Å². The van der Waals surface area contributed by atoms with E-state index >= 15 is 0 Å². The number of furan rings is 2. The smallest absolute Gasteiger partial charge is 0.287 e. The molecule has 0 bridgehead atoms. The van der Waals surface area contributed by atoms with Crippen LogP contribution in [0.4, 0.5) is 0 Å². The number of amides is 2. The van der Waals surface area contributed by atoms with E-state index in [0.717, 1.165) is 0 Å². The summed E-state index contributed by atoms with van der Waals surface area (Å²) >= 11 is 0. The summed E-state index contributed by atoms with van der Waals surface area (Å²) in [6.07, 6.45) is 4.24. The zero-order valence-electron chi connectivity index (χ0n) is 16.7. The number of nitriles is 1. The van der Waals surface area contributed by atoms with Crippen molar-refractivity contribution in [3.63, 3.8) is 0 Å². The molecule has 2 amide bonds. The lowest BCUT2D eigenvalue weighted by Gasteiger charge is -2.32. The number of ether oxygens (including phenoxy) is 1. The fourth-order valence-electron chi connectivity index (χ4n) is 3.46. The van der Waals surface area contributed by atoms with Gasteiger partial charge >= 0.3 is 0 Å². The Morgan fingerprint density at radius 1 is 1.16 bits per heavy atom. The summed E-state index contributed by atoms with van der Waals surface area (Å²) in [5, 5.41) is 12.1. The number of hydrogen-bond donors (Lipinski definition) is 1. The maximum atomic E-state index is 12.5. The van der Waals surface area contributed by atoms with Gasteiger partial charge in [0.15, 0.2) is 5.76 Å². The minimum atomic E-state index is -0.303. The molecule has 0 unspecified atom stereocenters. The molecule has 1 saturated heterocycles. The number of hydrogen-bond acceptors (Lipinski definition) is 6. The molecule has 1 aliphatic rings. The lowest BCUT2D eigenvalue weighted by molar-refractivity contribution is 0.0694. The number of carbonyl (C=O) groups excluding carboxylic acids is 2. The highest BCUT2D eigenvalue weighted by molar-refractivity contribution is 5.94. The molecule has 8 heteroatoms. The molecule has 1 N–H and O–H groups in total. The molecular formula is C23H21N3O5. The highest BCUT2D eigenvalue weighted by atomic mass is 16.5. The van der Waals surface area contributed by atoms with E-state index in [2.05, 4.69) is 11.4 Å². The summed E-state index contributed by atoms with van der Waals surface area (Å²) in [5.74, 6) is 0.780. The Hall–Kier alpha value is -3.99. The largest absolute Gasteiger partial charge is 0.484 e. The summed E-state index contributed by atoms with van der Waals surface area (Å²) in [7, 11) is 0. The van der Waals surface area contributed by atoms with Gasteiger partial charge in [-0.15, -0.1) is 0 Å². The van der Waals surface area contributed by atoms with Crippen molar-refractivity contribution in [1.82, 2.24) is 10.2 Å². The maximum Gasteiger partial charge on any atom is 0.287 e. The summed E-state index contributed by atoms with van der Waals surface area (Å²) in [5.41, 5.74) is 0.967. The normalized spacial score (nSPS) is 14.1. The predicted molar refractivity (Wildman–Crippen MR) is 109 cm³/mol. The molecule has 31 heavy (non-hydrogen) atoms.